The topological polar surface area (TPSA) is 35.6 Å². The molecule has 4 nitrogen and oxygen atoms in total. The number of para-hydroxylation sites is 2. The van der Waals surface area contributed by atoms with Crippen LogP contribution in [0.4, 0.5) is 0 Å². The molecule has 8 rings (SSSR count). The number of hydrogen-bond donors (Lipinski definition) is 0. The summed E-state index contributed by atoms with van der Waals surface area (Å²) in [6, 6.07) is 48.1. The number of aromatic nitrogens is 4. The number of benzene rings is 6. The van der Waals surface area contributed by atoms with Crippen LogP contribution in [-0.4, -0.2) is 19.3 Å². The quantitative estimate of drug-likeness (QED) is 0.188. The minimum atomic E-state index is 0.0822. The van der Waals surface area contributed by atoms with Crippen molar-refractivity contribution in [1.82, 2.24) is 19.3 Å². The van der Waals surface area contributed by atoms with Crippen LogP contribution in [0.5, 0.6) is 0 Å². The zero-order chi connectivity index (χ0) is 33.9. The van der Waals surface area contributed by atoms with Crippen LogP contribution in [0.15, 0.2) is 133 Å². The van der Waals surface area contributed by atoms with Crippen LogP contribution in [0, 0.1) is 20.8 Å². The Labute approximate surface area is 288 Å². The predicted octanol–water partition coefficient (Wildman–Crippen LogP) is 11.6. The first-order valence-corrected chi connectivity index (χ1v) is 17.0. The van der Waals surface area contributed by atoms with E-state index in [1.165, 1.54) is 60.9 Å². The van der Waals surface area contributed by atoms with Gasteiger partial charge in [-0.1, -0.05) is 112 Å². The molecule has 240 valence electrons. The molecule has 0 atom stereocenters. The summed E-state index contributed by atoms with van der Waals surface area (Å²) in [4.78, 5) is 0. The van der Waals surface area contributed by atoms with Crippen molar-refractivity contribution in [1.29, 1.82) is 0 Å². The average molecular weight is 637 g/mol. The normalized spacial score (nSPS) is 11.9. The van der Waals surface area contributed by atoms with Gasteiger partial charge in [0, 0.05) is 33.3 Å². The Morgan fingerprint density at radius 2 is 1.08 bits per heavy atom. The van der Waals surface area contributed by atoms with Gasteiger partial charge < -0.3 is 4.57 Å². The average Bonchev–Trinajstić information content (AvgIpc) is 3.68. The highest BCUT2D eigenvalue weighted by molar-refractivity contribution is 6.09. The van der Waals surface area contributed by atoms with E-state index in [0.717, 1.165) is 28.5 Å². The van der Waals surface area contributed by atoms with Gasteiger partial charge >= 0.3 is 0 Å². The molecule has 0 saturated heterocycles. The Balaban J connectivity index is 1.19. The zero-order valence-corrected chi connectivity index (χ0v) is 29.0. The van der Waals surface area contributed by atoms with Gasteiger partial charge in [0.2, 0.25) is 0 Å². The molecule has 0 unspecified atom stereocenters. The maximum atomic E-state index is 4.78. The molecule has 0 fully saturated rings. The Morgan fingerprint density at radius 1 is 0.469 bits per heavy atom. The first-order valence-electron chi connectivity index (χ1n) is 17.0. The van der Waals surface area contributed by atoms with Crippen molar-refractivity contribution in [3.05, 3.63) is 156 Å². The van der Waals surface area contributed by atoms with Gasteiger partial charge in [0.05, 0.1) is 11.0 Å². The lowest BCUT2D eigenvalue weighted by molar-refractivity contribution is 0.590. The van der Waals surface area contributed by atoms with E-state index in [0.29, 0.717) is 0 Å². The SMILES string of the molecule is Cc1ccc2c3ccccc3n(-c3ccc(-c4ccc(-c5nnc(-c6ccc(C(C)(C)C)cc6)n5-c5ccccc5)cc4C)c(C)c3)c2c1. The molecule has 0 aliphatic rings. The van der Waals surface area contributed by atoms with E-state index in [9.17, 15) is 0 Å². The monoisotopic (exact) mass is 636 g/mol. The van der Waals surface area contributed by atoms with Crippen LogP contribution < -0.4 is 0 Å². The molecule has 0 aliphatic heterocycles. The Hall–Kier alpha value is -5.74. The van der Waals surface area contributed by atoms with Gasteiger partial charge in [0.1, 0.15) is 0 Å². The van der Waals surface area contributed by atoms with E-state index in [4.69, 9.17) is 10.2 Å². The van der Waals surface area contributed by atoms with Crippen LogP contribution in [-0.2, 0) is 5.41 Å². The molecule has 2 heterocycles. The van der Waals surface area contributed by atoms with Crippen LogP contribution in [0.25, 0.3) is 67.1 Å². The highest BCUT2D eigenvalue weighted by Gasteiger charge is 2.20. The number of hydrogen-bond acceptors (Lipinski definition) is 2. The van der Waals surface area contributed by atoms with Crippen LogP contribution >= 0.6 is 0 Å². The third-order valence-electron chi connectivity index (χ3n) is 9.76. The van der Waals surface area contributed by atoms with Crippen molar-refractivity contribution in [2.24, 2.45) is 0 Å². The fourth-order valence-electron chi connectivity index (χ4n) is 7.15. The van der Waals surface area contributed by atoms with E-state index in [-0.39, 0.29) is 5.41 Å². The summed E-state index contributed by atoms with van der Waals surface area (Å²) in [5, 5.41) is 12.1. The van der Waals surface area contributed by atoms with Crippen LogP contribution in [0.1, 0.15) is 43.0 Å². The van der Waals surface area contributed by atoms with Gasteiger partial charge in [-0.2, -0.15) is 0 Å². The molecule has 0 radical (unpaired) electrons. The number of fused-ring (bicyclic) bond motifs is 3. The molecule has 4 heteroatoms. The zero-order valence-electron chi connectivity index (χ0n) is 29.0. The molecule has 0 aliphatic carbocycles. The molecule has 0 spiro atoms. The lowest BCUT2D eigenvalue weighted by Crippen LogP contribution is -2.10. The highest BCUT2D eigenvalue weighted by Crippen LogP contribution is 2.37. The lowest BCUT2D eigenvalue weighted by Gasteiger charge is -2.19. The first kappa shape index (κ1) is 30.6. The molecule has 6 aromatic carbocycles. The number of aryl methyl sites for hydroxylation is 3. The smallest absolute Gasteiger partial charge is 0.168 e. The van der Waals surface area contributed by atoms with Gasteiger partial charge in [-0.05, 0) is 102 Å². The Morgan fingerprint density at radius 3 is 1.78 bits per heavy atom. The van der Waals surface area contributed by atoms with Crippen molar-refractivity contribution >= 4 is 21.8 Å². The summed E-state index contributed by atoms with van der Waals surface area (Å²) in [5.74, 6) is 1.65. The van der Waals surface area contributed by atoms with Crippen molar-refractivity contribution in [3.8, 4) is 45.3 Å². The van der Waals surface area contributed by atoms with Gasteiger partial charge in [0.15, 0.2) is 11.6 Å². The summed E-state index contributed by atoms with van der Waals surface area (Å²) in [5.41, 5.74) is 14.3. The second-order valence-corrected chi connectivity index (χ2v) is 14.2. The molecule has 2 aromatic heterocycles. The van der Waals surface area contributed by atoms with Crippen LogP contribution in [0.2, 0.25) is 0 Å². The molecule has 0 bridgehead atoms. The Kier molecular flexibility index (Phi) is 7.33. The minimum absolute atomic E-state index is 0.0822. The summed E-state index contributed by atoms with van der Waals surface area (Å²) < 4.78 is 4.57. The van der Waals surface area contributed by atoms with Crippen molar-refractivity contribution < 1.29 is 0 Å². The second-order valence-electron chi connectivity index (χ2n) is 14.2. The van der Waals surface area contributed by atoms with Gasteiger partial charge in [-0.15, -0.1) is 10.2 Å². The van der Waals surface area contributed by atoms with Gasteiger partial charge in [-0.3, -0.25) is 4.57 Å². The highest BCUT2D eigenvalue weighted by atomic mass is 15.3. The van der Waals surface area contributed by atoms with Gasteiger partial charge in [0.25, 0.3) is 0 Å². The summed E-state index contributed by atoms with van der Waals surface area (Å²) >= 11 is 0. The number of rotatable bonds is 5. The van der Waals surface area contributed by atoms with Crippen molar-refractivity contribution in [2.75, 3.05) is 0 Å². The summed E-state index contributed by atoms with van der Waals surface area (Å²) in [6.07, 6.45) is 0. The minimum Gasteiger partial charge on any atom is -0.309 e. The molecule has 0 N–H and O–H groups in total. The van der Waals surface area contributed by atoms with Crippen LogP contribution in [0.3, 0.4) is 0 Å². The summed E-state index contributed by atoms with van der Waals surface area (Å²) in [6.45, 7) is 13.3. The maximum absolute atomic E-state index is 4.78. The molecular weight excluding hydrogens is 597 g/mol. The summed E-state index contributed by atoms with van der Waals surface area (Å²) in [7, 11) is 0. The predicted molar refractivity (Wildman–Crippen MR) is 205 cm³/mol. The third kappa shape index (κ3) is 5.34. The van der Waals surface area contributed by atoms with Gasteiger partial charge in [-0.25, -0.2) is 0 Å². The standard InChI is InChI=1S/C45H40N4/c1-29-16-23-40-39-14-10-11-15-41(39)48(42(40)26-29)36-22-25-38(31(3)28-36)37-24-19-33(27-30(37)2)44-47-46-43(49(44)35-12-8-7-9-13-35)32-17-20-34(21-18-32)45(4,5)6/h7-28H,1-6H3. The van der Waals surface area contributed by atoms with Crippen molar-refractivity contribution in [3.63, 3.8) is 0 Å². The van der Waals surface area contributed by atoms with E-state index < -0.39 is 0 Å². The number of nitrogens with zero attached hydrogens (tertiary/aromatic N) is 4. The largest absolute Gasteiger partial charge is 0.309 e. The van der Waals surface area contributed by atoms with E-state index in [2.05, 4.69) is 178 Å². The van der Waals surface area contributed by atoms with Crippen molar-refractivity contribution in [2.45, 2.75) is 47.0 Å². The Bertz CT molecular complexity index is 2490. The van der Waals surface area contributed by atoms with E-state index in [1.807, 2.05) is 6.07 Å². The fraction of sp³-hybridized carbons (Fsp3) is 0.156. The molecule has 8 aromatic rings. The molecule has 49 heavy (non-hydrogen) atoms. The molecular formula is C45H40N4. The fourth-order valence-corrected chi connectivity index (χ4v) is 7.15. The molecule has 0 amide bonds. The maximum Gasteiger partial charge on any atom is 0.168 e. The lowest BCUT2D eigenvalue weighted by atomic mass is 9.86. The van der Waals surface area contributed by atoms with E-state index >= 15 is 0 Å². The second kappa shape index (κ2) is 11.7. The first-order chi connectivity index (χ1) is 23.7. The molecule has 0 saturated carbocycles. The third-order valence-corrected chi connectivity index (χ3v) is 9.76. The van der Waals surface area contributed by atoms with E-state index in [1.54, 1.807) is 0 Å².